The Labute approximate surface area is 434 Å². The minimum absolute atomic E-state index is 0.154. The lowest BCUT2D eigenvalue weighted by molar-refractivity contribution is 0.225. The van der Waals surface area contributed by atoms with Crippen LogP contribution in [0.1, 0.15) is 39.8 Å². The molecule has 2 unspecified atom stereocenters. The number of ether oxygens (including phenoxy) is 1. The Bertz CT molecular complexity index is 4450. The molecule has 2 aliphatic rings. The third kappa shape index (κ3) is 6.64. The summed E-state index contributed by atoms with van der Waals surface area (Å²) in [5, 5.41) is 6.45. The van der Waals surface area contributed by atoms with Crippen molar-refractivity contribution in [1.82, 2.24) is 0 Å². The van der Waals surface area contributed by atoms with Crippen molar-refractivity contribution in [3.05, 3.63) is 270 Å². The van der Waals surface area contributed by atoms with Crippen LogP contribution in [0.15, 0.2) is 251 Å². The van der Waals surface area contributed by atoms with Gasteiger partial charge in [-0.25, -0.2) is 0 Å². The smallest absolute Gasteiger partial charge is 0.159 e. The number of benzene rings is 11. The van der Waals surface area contributed by atoms with E-state index in [2.05, 4.69) is 266 Å². The number of furan rings is 2. The Morgan fingerprint density at radius 1 is 0.333 bits per heavy atom. The van der Waals surface area contributed by atoms with E-state index < -0.39 is 0 Å². The van der Waals surface area contributed by atoms with Crippen molar-refractivity contribution in [1.29, 1.82) is 0 Å². The molecule has 11 aromatic carbocycles. The molecule has 0 radical (unpaired) electrons. The fraction of sp³-hybridized carbons (Fsp3) is 0.0571. The summed E-state index contributed by atoms with van der Waals surface area (Å²) >= 11 is 0. The standard InChI is InChI=1S/C70H48N2O3/c1-43-21-9-11-27-47(43)51-33-17-35-55-57-37-19-39-61(69(57)74-65(51)55)71(45-23-5-3-6-24-45)63-41-59-60-42-64(50-30-14-16-32-54(50)68(60)73-67(59)53-31-15-13-29-49(53)63)72(46-25-7-4-8-26-46)62-40-20-38-58-56-36-18-34-52(66(56)75-70(58)62)48-28-12-10-22-44(48)2/h3-42,59,67H,1-2H3. The number of fused-ring (bicyclic) bond motifs is 13. The number of aryl methyl sites for hydroxylation is 2. The van der Waals surface area contributed by atoms with Crippen molar-refractivity contribution >= 4 is 88.8 Å². The van der Waals surface area contributed by atoms with E-state index in [-0.39, 0.29) is 12.0 Å². The molecule has 0 spiro atoms. The van der Waals surface area contributed by atoms with Crippen LogP contribution >= 0.6 is 0 Å². The minimum Gasteiger partial charge on any atom is -0.484 e. The van der Waals surface area contributed by atoms with Gasteiger partial charge in [-0.2, -0.15) is 0 Å². The van der Waals surface area contributed by atoms with E-state index >= 15 is 0 Å². The molecule has 0 amide bonds. The lowest BCUT2D eigenvalue weighted by Gasteiger charge is -2.34. The Morgan fingerprint density at radius 2 is 0.773 bits per heavy atom. The molecule has 2 atom stereocenters. The molecule has 0 fully saturated rings. The molecular formula is C70H48N2O3. The summed E-state index contributed by atoms with van der Waals surface area (Å²) in [6, 6.07) is 84.5. The van der Waals surface area contributed by atoms with Crippen molar-refractivity contribution in [2.75, 3.05) is 9.80 Å². The molecule has 356 valence electrons. The number of hydrogen-bond acceptors (Lipinski definition) is 5. The second-order valence-corrected chi connectivity index (χ2v) is 19.9. The topological polar surface area (TPSA) is 42.0 Å². The summed E-state index contributed by atoms with van der Waals surface area (Å²) in [6.07, 6.45) is 2.18. The molecule has 75 heavy (non-hydrogen) atoms. The zero-order valence-electron chi connectivity index (χ0n) is 41.4. The predicted molar refractivity (Wildman–Crippen MR) is 309 cm³/mol. The van der Waals surface area contributed by atoms with Gasteiger partial charge >= 0.3 is 0 Å². The molecule has 2 aromatic heterocycles. The van der Waals surface area contributed by atoms with Crippen molar-refractivity contribution < 1.29 is 13.6 Å². The SMILES string of the molecule is Cc1ccccc1-c1cccc2c1oc1c(N(C3=CC4c5cc(N(c6ccccc6)c6cccc7c6oc6c(-c8ccccc8C)cccc67)c6ccccc6c5OC4c4ccccc43)c3ccccc3)cccc12. The minimum atomic E-state index is -0.265. The fourth-order valence-electron chi connectivity index (χ4n) is 12.3. The Kier molecular flexibility index (Phi) is 9.76. The van der Waals surface area contributed by atoms with Gasteiger partial charge in [0.15, 0.2) is 11.2 Å². The zero-order chi connectivity index (χ0) is 49.7. The van der Waals surface area contributed by atoms with Crippen LogP contribution < -0.4 is 14.5 Å². The van der Waals surface area contributed by atoms with Gasteiger partial charge in [0.25, 0.3) is 0 Å². The maximum absolute atomic E-state index is 7.37. The van der Waals surface area contributed by atoms with Gasteiger partial charge < -0.3 is 23.4 Å². The average Bonchev–Trinajstić information content (AvgIpc) is 4.18. The lowest BCUT2D eigenvalue weighted by atomic mass is 9.81. The van der Waals surface area contributed by atoms with Crippen molar-refractivity contribution in [2.24, 2.45) is 0 Å². The first-order valence-corrected chi connectivity index (χ1v) is 25.8. The number of nitrogens with zero attached hydrogens (tertiary/aromatic N) is 2. The molecule has 13 aromatic rings. The van der Waals surface area contributed by atoms with E-state index in [4.69, 9.17) is 13.6 Å². The van der Waals surface area contributed by atoms with Crippen molar-refractivity contribution in [3.63, 3.8) is 0 Å². The molecule has 0 bridgehead atoms. The van der Waals surface area contributed by atoms with Crippen LogP contribution in [0.25, 0.3) is 82.6 Å². The molecule has 5 nitrogen and oxygen atoms in total. The van der Waals surface area contributed by atoms with E-state index in [1.165, 1.54) is 11.1 Å². The predicted octanol–water partition coefficient (Wildman–Crippen LogP) is 19.5. The first kappa shape index (κ1) is 43.0. The highest BCUT2D eigenvalue weighted by molar-refractivity contribution is 6.16. The van der Waals surface area contributed by atoms with Crippen LogP contribution in [-0.4, -0.2) is 0 Å². The maximum Gasteiger partial charge on any atom is 0.159 e. The second-order valence-electron chi connectivity index (χ2n) is 19.9. The second kappa shape index (κ2) is 17.0. The summed E-state index contributed by atoms with van der Waals surface area (Å²) in [5.74, 6) is 0.752. The van der Waals surface area contributed by atoms with E-state index in [0.29, 0.717) is 0 Å². The van der Waals surface area contributed by atoms with Gasteiger partial charge in [0.1, 0.15) is 23.0 Å². The molecule has 1 aliphatic carbocycles. The number of anilines is 5. The van der Waals surface area contributed by atoms with E-state index in [0.717, 1.165) is 133 Å². The Hall–Kier alpha value is -9.58. The third-order valence-corrected chi connectivity index (χ3v) is 15.7. The Morgan fingerprint density at radius 3 is 1.36 bits per heavy atom. The summed E-state index contributed by atoms with van der Waals surface area (Å²) in [7, 11) is 0. The highest BCUT2D eigenvalue weighted by Gasteiger charge is 2.42. The van der Waals surface area contributed by atoms with Gasteiger partial charge in [-0.3, -0.25) is 0 Å². The average molecular weight is 965 g/mol. The van der Waals surface area contributed by atoms with Crippen LogP contribution in [-0.2, 0) is 0 Å². The van der Waals surface area contributed by atoms with Gasteiger partial charge in [0, 0.05) is 77.4 Å². The molecule has 0 saturated heterocycles. The van der Waals surface area contributed by atoms with Crippen molar-refractivity contribution in [3.8, 4) is 28.0 Å². The van der Waals surface area contributed by atoms with Gasteiger partial charge in [0.2, 0.25) is 0 Å². The van der Waals surface area contributed by atoms with Crippen LogP contribution in [0.2, 0.25) is 0 Å². The molecule has 0 N–H and O–H groups in total. The summed E-state index contributed by atoms with van der Waals surface area (Å²) in [6.45, 7) is 4.33. The largest absolute Gasteiger partial charge is 0.484 e. The van der Waals surface area contributed by atoms with Crippen molar-refractivity contribution in [2.45, 2.75) is 25.9 Å². The quantitative estimate of drug-likeness (QED) is 0.152. The van der Waals surface area contributed by atoms with Crippen LogP contribution in [0, 0.1) is 13.8 Å². The van der Waals surface area contributed by atoms with Crippen LogP contribution in [0.3, 0.4) is 0 Å². The fourth-order valence-corrected chi connectivity index (χ4v) is 12.3. The normalized spacial score (nSPS) is 14.7. The maximum atomic E-state index is 7.37. The monoisotopic (exact) mass is 964 g/mol. The van der Waals surface area contributed by atoms with Gasteiger partial charge in [-0.05, 0) is 84.6 Å². The van der Waals surface area contributed by atoms with Crippen LogP contribution in [0.4, 0.5) is 28.4 Å². The first-order valence-electron chi connectivity index (χ1n) is 25.8. The van der Waals surface area contributed by atoms with Gasteiger partial charge in [-0.1, -0.05) is 194 Å². The highest BCUT2D eigenvalue weighted by Crippen LogP contribution is 2.58. The number of rotatable bonds is 8. The van der Waals surface area contributed by atoms with Gasteiger partial charge in [-0.15, -0.1) is 0 Å². The molecule has 1 aliphatic heterocycles. The number of para-hydroxylation sites is 6. The van der Waals surface area contributed by atoms with E-state index in [1.807, 2.05) is 0 Å². The van der Waals surface area contributed by atoms with Crippen LogP contribution in [0.5, 0.6) is 5.75 Å². The number of hydrogen-bond donors (Lipinski definition) is 0. The van der Waals surface area contributed by atoms with E-state index in [1.54, 1.807) is 0 Å². The van der Waals surface area contributed by atoms with Gasteiger partial charge in [0.05, 0.1) is 22.8 Å². The summed E-state index contributed by atoms with van der Waals surface area (Å²) in [4.78, 5) is 4.79. The Balaban J connectivity index is 0.953. The zero-order valence-corrected chi connectivity index (χ0v) is 41.4. The highest BCUT2D eigenvalue weighted by atomic mass is 16.5. The first-order chi connectivity index (χ1) is 37.1. The molecule has 0 saturated carbocycles. The molecule has 3 heterocycles. The third-order valence-electron chi connectivity index (χ3n) is 15.7. The summed E-state index contributed by atoms with van der Waals surface area (Å²) in [5.41, 5.74) is 19.8. The summed E-state index contributed by atoms with van der Waals surface area (Å²) < 4.78 is 21.8. The lowest BCUT2D eigenvalue weighted by Crippen LogP contribution is -2.23. The molecule has 5 heteroatoms. The molecular weight excluding hydrogens is 917 g/mol. The van der Waals surface area contributed by atoms with E-state index in [9.17, 15) is 0 Å². The molecule has 15 rings (SSSR count).